The molecule has 33 heavy (non-hydrogen) atoms. The van der Waals surface area contributed by atoms with E-state index in [1.165, 1.54) is 16.1 Å². The zero-order chi connectivity index (χ0) is 23.4. The number of benzene rings is 1. The first-order valence-corrected chi connectivity index (χ1v) is 11.1. The topological polar surface area (TPSA) is 121 Å². The first-order valence-electron chi connectivity index (χ1n) is 11.1. The standard InChI is InChI=1S/C24H28N2O7/c27-13-12-25-11-5-4-10-24(22(25)30)15-18(21(28)29)20(19-9-6-14-32-19)26(24)23(31)33-16-17-7-2-1-3-8-17/h1-3,6-9,14,18,20,27H,4-5,10-13,15-16H2,(H,28,29)/t18-,20+,24-/m0/s1. The van der Waals surface area contributed by atoms with Gasteiger partial charge in [-0.2, -0.15) is 0 Å². The number of aliphatic hydroxyl groups is 1. The maximum atomic E-state index is 13.8. The van der Waals surface area contributed by atoms with Crippen LogP contribution in [0.2, 0.25) is 0 Å². The number of ether oxygens (including phenoxy) is 1. The second kappa shape index (κ2) is 9.66. The zero-order valence-electron chi connectivity index (χ0n) is 18.3. The number of nitrogens with zero attached hydrogens (tertiary/aromatic N) is 2. The van der Waals surface area contributed by atoms with Crippen LogP contribution < -0.4 is 0 Å². The summed E-state index contributed by atoms with van der Waals surface area (Å²) in [6.07, 6.45) is 2.25. The van der Waals surface area contributed by atoms with Crippen LogP contribution in [0.5, 0.6) is 0 Å². The van der Waals surface area contributed by atoms with E-state index in [1.54, 1.807) is 12.1 Å². The summed E-state index contributed by atoms with van der Waals surface area (Å²) >= 11 is 0. The van der Waals surface area contributed by atoms with E-state index in [4.69, 9.17) is 9.15 Å². The highest BCUT2D eigenvalue weighted by Crippen LogP contribution is 2.51. The second-order valence-electron chi connectivity index (χ2n) is 8.52. The quantitative estimate of drug-likeness (QED) is 0.686. The fraction of sp³-hybridized carbons (Fsp3) is 0.458. The predicted molar refractivity (Wildman–Crippen MR) is 116 cm³/mol. The third-order valence-corrected chi connectivity index (χ3v) is 6.56. The van der Waals surface area contributed by atoms with Crippen molar-refractivity contribution in [2.24, 2.45) is 5.92 Å². The number of aliphatic carboxylic acids is 1. The normalized spacial score (nSPS) is 25.3. The Bertz CT molecular complexity index is 978. The molecule has 1 aromatic heterocycles. The lowest BCUT2D eigenvalue weighted by atomic mass is 9.86. The molecular weight excluding hydrogens is 428 g/mol. The molecule has 2 fully saturated rings. The molecule has 9 heteroatoms. The number of amides is 2. The monoisotopic (exact) mass is 456 g/mol. The summed E-state index contributed by atoms with van der Waals surface area (Å²) in [5.41, 5.74) is -0.613. The number of rotatable bonds is 6. The van der Waals surface area contributed by atoms with Gasteiger partial charge in [-0.05, 0) is 43.4 Å². The maximum Gasteiger partial charge on any atom is 0.411 e. The minimum absolute atomic E-state index is 0.0105. The molecular formula is C24H28N2O7. The van der Waals surface area contributed by atoms with E-state index in [-0.39, 0.29) is 32.1 Å². The van der Waals surface area contributed by atoms with Gasteiger partial charge in [-0.25, -0.2) is 4.79 Å². The number of carbonyl (C=O) groups excluding carboxylic acids is 2. The van der Waals surface area contributed by atoms with Crippen molar-refractivity contribution in [1.82, 2.24) is 9.80 Å². The number of furan rings is 1. The number of carboxylic acid groups (broad SMARTS) is 1. The minimum atomic E-state index is -1.39. The largest absolute Gasteiger partial charge is 0.481 e. The number of hydrogen-bond acceptors (Lipinski definition) is 6. The van der Waals surface area contributed by atoms with Crippen molar-refractivity contribution in [2.75, 3.05) is 19.7 Å². The van der Waals surface area contributed by atoms with Crippen LogP contribution in [0.3, 0.4) is 0 Å². The van der Waals surface area contributed by atoms with E-state index >= 15 is 0 Å². The Labute approximate surface area is 191 Å². The fourth-order valence-electron chi connectivity index (χ4n) is 5.07. The van der Waals surface area contributed by atoms with Crippen molar-refractivity contribution < 1.29 is 33.8 Å². The molecule has 176 valence electrons. The van der Waals surface area contributed by atoms with Crippen molar-refractivity contribution in [3.05, 3.63) is 60.1 Å². The highest BCUT2D eigenvalue weighted by molar-refractivity contribution is 5.93. The van der Waals surface area contributed by atoms with Gasteiger partial charge in [-0.15, -0.1) is 0 Å². The van der Waals surface area contributed by atoms with Crippen LogP contribution in [0, 0.1) is 5.92 Å². The number of likely N-dealkylation sites (tertiary alicyclic amines) is 2. The van der Waals surface area contributed by atoms with Crippen LogP contribution >= 0.6 is 0 Å². The maximum absolute atomic E-state index is 13.8. The molecule has 3 heterocycles. The Morgan fingerprint density at radius 2 is 1.94 bits per heavy atom. The van der Waals surface area contributed by atoms with E-state index in [9.17, 15) is 24.6 Å². The van der Waals surface area contributed by atoms with Gasteiger partial charge in [-0.3, -0.25) is 14.5 Å². The van der Waals surface area contributed by atoms with Crippen LogP contribution in [-0.4, -0.2) is 63.2 Å². The van der Waals surface area contributed by atoms with Gasteiger partial charge < -0.3 is 24.3 Å². The van der Waals surface area contributed by atoms with Gasteiger partial charge in [0.25, 0.3) is 0 Å². The van der Waals surface area contributed by atoms with Gasteiger partial charge in [0.2, 0.25) is 5.91 Å². The average molecular weight is 456 g/mol. The Morgan fingerprint density at radius 3 is 2.61 bits per heavy atom. The van der Waals surface area contributed by atoms with Gasteiger partial charge in [0.05, 0.1) is 18.8 Å². The SMILES string of the molecule is O=C(O)[C@H]1C[C@]2(CCCCN(CCO)C2=O)N(C(=O)OCc2ccccc2)[C@H]1c1ccco1. The molecule has 0 radical (unpaired) electrons. The molecule has 2 amide bonds. The van der Waals surface area contributed by atoms with Crippen LogP contribution in [0.4, 0.5) is 4.79 Å². The molecule has 1 spiro atoms. The van der Waals surface area contributed by atoms with Gasteiger partial charge >= 0.3 is 12.1 Å². The first kappa shape index (κ1) is 22.8. The lowest BCUT2D eigenvalue weighted by Crippen LogP contribution is -2.58. The van der Waals surface area contributed by atoms with E-state index < -0.39 is 29.6 Å². The molecule has 9 nitrogen and oxygen atoms in total. The Morgan fingerprint density at radius 1 is 1.15 bits per heavy atom. The summed E-state index contributed by atoms with van der Waals surface area (Å²) in [5.74, 6) is -2.22. The Balaban J connectivity index is 1.75. The molecule has 0 bridgehead atoms. The molecule has 2 aliphatic heterocycles. The third-order valence-electron chi connectivity index (χ3n) is 6.56. The summed E-state index contributed by atoms with van der Waals surface area (Å²) in [7, 11) is 0. The first-order chi connectivity index (χ1) is 16.0. The number of aliphatic hydroxyl groups excluding tert-OH is 1. The molecule has 4 rings (SSSR count). The number of hydrogen-bond donors (Lipinski definition) is 2. The highest BCUT2D eigenvalue weighted by Gasteiger charge is 2.62. The van der Waals surface area contributed by atoms with E-state index in [0.717, 1.165) is 5.56 Å². The molecule has 3 atom stereocenters. The number of carbonyl (C=O) groups is 3. The van der Waals surface area contributed by atoms with Gasteiger partial charge in [0.1, 0.15) is 23.9 Å². The molecule has 2 aliphatic rings. The van der Waals surface area contributed by atoms with Crippen molar-refractivity contribution in [2.45, 2.75) is 43.9 Å². The van der Waals surface area contributed by atoms with E-state index in [1.807, 2.05) is 30.3 Å². The van der Waals surface area contributed by atoms with Crippen LogP contribution in [0.1, 0.15) is 43.0 Å². The van der Waals surface area contributed by atoms with Crippen molar-refractivity contribution >= 4 is 18.0 Å². The number of carboxylic acids is 1. The predicted octanol–water partition coefficient (Wildman–Crippen LogP) is 2.81. The molecule has 2 aromatic rings. The zero-order valence-corrected chi connectivity index (χ0v) is 18.3. The molecule has 0 aliphatic carbocycles. The molecule has 2 saturated heterocycles. The highest BCUT2D eigenvalue weighted by atomic mass is 16.6. The molecule has 0 unspecified atom stereocenters. The molecule has 2 N–H and O–H groups in total. The summed E-state index contributed by atoms with van der Waals surface area (Å²) in [6, 6.07) is 11.4. The van der Waals surface area contributed by atoms with Crippen LogP contribution in [-0.2, 0) is 20.9 Å². The van der Waals surface area contributed by atoms with E-state index in [2.05, 4.69) is 0 Å². The lowest BCUT2D eigenvalue weighted by Gasteiger charge is -2.40. The van der Waals surface area contributed by atoms with Crippen LogP contribution in [0.15, 0.2) is 53.1 Å². The summed E-state index contributed by atoms with van der Waals surface area (Å²) in [6.45, 7) is 0.335. The van der Waals surface area contributed by atoms with Gasteiger partial charge in [0.15, 0.2) is 0 Å². The molecule has 1 aromatic carbocycles. The van der Waals surface area contributed by atoms with Gasteiger partial charge in [-0.1, -0.05) is 30.3 Å². The summed E-state index contributed by atoms with van der Waals surface area (Å²) < 4.78 is 11.2. The van der Waals surface area contributed by atoms with Crippen LogP contribution in [0.25, 0.3) is 0 Å². The van der Waals surface area contributed by atoms with E-state index in [0.29, 0.717) is 31.6 Å². The summed E-state index contributed by atoms with van der Waals surface area (Å²) in [5, 5.41) is 19.5. The Kier molecular flexibility index (Phi) is 6.69. The smallest absolute Gasteiger partial charge is 0.411 e. The lowest BCUT2D eigenvalue weighted by molar-refractivity contribution is -0.143. The van der Waals surface area contributed by atoms with Crippen molar-refractivity contribution in [1.29, 1.82) is 0 Å². The number of β-amino-alcohol motifs (C(OH)–C–C–N with tert-alkyl or cyclic N) is 1. The minimum Gasteiger partial charge on any atom is -0.481 e. The Hall–Kier alpha value is -3.33. The second-order valence-corrected chi connectivity index (χ2v) is 8.52. The van der Waals surface area contributed by atoms with Gasteiger partial charge in [0, 0.05) is 13.1 Å². The summed E-state index contributed by atoms with van der Waals surface area (Å²) in [4.78, 5) is 42.4. The van der Waals surface area contributed by atoms with Crippen molar-refractivity contribution in [3.8, 4) is 0 Å². The fourth-order valence-corrected chi connectivity index (χ4v) is 5.07. The average Bonchev–Trinajstić information content (AvgIpc) is 3.43. The third kappa shape index (κ3) is 4.32. The molecule has 0 saturated carbocycles. The van der Waals surface area contributed by atoms with Crippen molar-refractivity contribution in [3.63, 3.8) is 0 Å².